The van der Waals surface area contributed by atoms with Crippen LogP contribution in [-0.4, -0.2) is 24.8 Å². The van der Waals surface area contributed by atoms with Gasteiger partial charge in [0.15, 0.2) is 0 Å². The number of rotatable bonds is 6. The predicted octanol–water partition coefficient (Wildman–Crippen LogP) is 2.58. The maximum atomic E-state index is 5.39. The summed E-state index contributed by atoms with van der Waals surface area (Å²) in [4.78, 5) is 0. The molecule has 0 heterocycles. The molecule has 14 heavy (non-hydrogen) atoms. The second kappa shape index (κ2) is 4.19. The molecule has 1 aliphatic rings. The smallest absolute Gasteiger partial charge is 0.0634 e. The van der Waals surface area contributed by atoms with E-state index < -0.39 is 0 Å². The SMILES string of the molecule is COC(C)(C)CCNC(C)(C)C1CC1. The first-order chi connectivity index (χ1) is 6.37. The molecule has 0 radical (unpaired) electrons. The standard InChI is InChI=1S/C12H25NO/c1-11(2,14-5)8-9-13-12(3,4)10-6-7-10/h10,13H,6-9H2,1-5H3. The molecule has 1 rings (SSSR count). The second-order valence-electron chi connectivity index (χ2n) is 5.64. The van der Waals surface area contributed by atoms with Gasteiger partial charge >= 0.3 is 0 Å². The van der Waals surface area contributed by atoms with Crippen LogP contribution in [-0.2, 0) is 4.74 Å². The Bertz CT molecular complexity index is 183. The van der Waals surface area contributed by atoms with Crippen LogP contribution in [0.25, 0.3) is 0 Å². The molecule has 0 aliphatic heterocycles. The van der Waals surface area contributed by atoms with E-state index in [1.807, 2.05) is 0 Å². The molecule has 0 aromatic heterocycles. The van der Waals surface area contributed by atoms with Gasteiger partial charge < -0.3 is 10.1 Å². The minimum Gasteiger partial charge on any atom is -0.379 e. The summed E-state index contributed by atoms with van der Waals surface area (Å²) in [6.07, 6.45) is 3.86. The number of ether oxygens (including phenoxy) is 1. The molecule has 2 heteroatoms. The van der Waals surface area contributed by atoms with Crippen molar-refractivity contribution < 1.29 is 4.74 Å². The lowest BCUT2D eigenvalue weighted by Gasteiger charge is -2.29. The quantitative estimate of drug-likeness (QED) is 0.710. The van der Waals surface area contributed by atoms with E-state index in [9.17, 15) is 0 Å². The lowest BCUT2D eigenvalue weighted by Crippen LogP contribution is -2.43. The van der Waals surface area contributed by atoms with Crippen LogP contribution < -0.4 is 5.32 Å². The highest BCUT2D eigenvalue weighted by atomic mass is 16.5. The van der Waals surface area contributed by atoms with Gasteiger partial charge in [-0.25, -0.2) is 0 Å². The molecule has 0 saturated heterocycles. The number of nitrogens with one attached hydrogen (secondary N) is 1. The monoisotopic (exact) mass is 199 g/mol. The van der Waals surface area contributed by atoms with Crippen molar-refractivity contribution in [2.75, 3.05) is 13.7 Å². The zero-order valence-corrected chi connectivity index (χ0v) is 10.3. The Hall–Kier alpha value is -0.0800. The zero-order chi connectivity index (χ0) is 10.8. The van der Waals surface area contributed by atoms with Crippen LogP contribution in [0.15, 0.2) is 0 Å². The fourth-order valence-electron chi connectivity index (χ4n) is 1.74. The van der Waals surface area contributed by atoms with Gasteiger partial charge in [-0.15, -0.1) is 0 Å². The number of hydrogen-bond donors (Lipinski definition) is 1. The average Bonchev–Trinajstić information content (AvgIpc) is 2.85. The molecule has 1 N–H and O–H groups in total. The second-order valence-corrected chi connectivity index (χ2v) is 5.64. The molecule has 0 spiro atoms. The molecule has 0 unspecified atom stereocenters. The summed E-state index contributed by atoms with van der Waals surface area (Å²) in [6, 6.07) is 0. The van der Waals surface area contributed by atoms with Gasteiger partial charge in [0.05, 0.1) is 5.60 Å². The topological polar surface area (TPSA) is 21.3 Å². The van der Waals surface area contributed by atoms with Crippen molar-refractivity contribution in [3.05, 3.63) is 0 Å². The first kappa shape index (κ1) is 12.0. The Morgan fingerprint density at radius 3 is 2.21 bits per heavy atom. The van der Waals surface area contributed by atoms with Crippen LogP contribution in [0.4, 0.5) is 0 Å². The van der Waals surface area contributed by atoms with Crippen molar-refractivity contribution in [1.29, 1.82) is 0 Å². The van der Waals surface area contributed by atoms with E-state index in [0.717, 1.165) is 18.9 Å². The summed E-state index contributed by atoms with van der Waals surface area (Å²) >= 11 is 0. The van der Waals surface area contributed by atoms with Gasteiger partial charge in [0.25, 0.3) is 0 Å². The molecule has 0 atom stereocenters. The third kappa shape index (κ3) is 3.58. The summed E-state index contributed by atoms with van der Waals surface area (Å²) in [5, 5.41) is 3.63. The minimum atomic E-state index is 0.00658. The molecule has 1 aliphatic carbocycles. The highest BCUT2D eigenvalue weighted by molar-refractivity contribution is 4.94. The van der Waals surface area contributed by atoms with Crippen LogP contribution in [0.5, 0.6) is 0 Å². The number of hydrogen-bond acceptors (Lipinski definition) is 2. The maximum Gasteiger partial charge on any atom is 0.0634 e. The highest BCUT2D eigenvalue weighted by Crippen LogP contribution is 2.39. The summed E-state index contributed by atoms with van der Waals surface area (Å²) < 4.78 is 5.39. The van der Waals surface area contributed by atoms with E-state index >= 15 is 0 Å². The van der Waals surface area contributed by atoms with E-state index in [-0.39, 0.29) is 5.60 Å². The highest BCUT2D eigenvalue weighted by Gasteiger charge is 2.37. The van der Waals surface area contributed by atoms with Gasteiger partial charge in [0.2, 0.25) is 0 Å². The Balaban J connectivity index is 2.20. The van der Waals surface area contributed by atoms with Gasteiger partial charge in [-0.1, -0.05) is 0 Å². The third-order valence-corrected chi connectivity index (χ3v) is 3.46. The van der Waals surface area contributed by atoms with Crippen molar-refractivity contribution in [3.8, 4) is 0 Å². The van der Waals surface area contributed by atoms with E-state index in [1.54, 1.807) is 7.11 Å². The van der Waals surface area contributed by atoms with Gasteiger partial charge in [0, 0.05) is 12.6 Å². The maximum absolute atomic E-state index is 5.39. The van der Waals surface area contributed by atoms with Crippen molar-refractivity contribution in [2.45, 2.75) is 58.1 Å². The Morgan fingerprint density at radius 2 is 1.79 bits per heavy atom. The van der Waals surface area contributed by atoms with Crippen molar-refractivity contribution >= 4 is 0 Å². The first-order valence-corrected chi connectivity index (χ1v) is 5.67. The lowest BCUT2D eigenvalue weighted by atomic mass is 9.97. The summed E-state index contributed by atoms with van der Waals surface area (Å²) in [6.45, 7) is 9.94. The van der Waals surface area contributed by atoms with Crippen molar-refractivity contribution in [3.63, 3.8) is 0 Å². The van der Waals surface area contributed by atoms with E-state index in [2.05, 4.69) is 33.0 Å². The third-order valence-electron chi connectivity index (χ3n) is 3.46. The molecular weight excluding hydrogens is 174 g/mol. The van der Waals surface area contributed by atoms with E-state index in [1.165, 1.54) is 12.8 Å². The fourth-order valence-corrected chi connectivity index (χ4v) is 1.74. The zero-order valence-electron chi connectivity index (χ0n) is 10.3. The minimum absolute atomic E-state index is 0.00658. The number of methoxy groups -OCH3 is 1. The molecule has 84 valence electrons. The van der Waals surface area contributed by atoms with Crippen LogP contribution >= 0.6 is 0 Å². The van der Waals surface area contributed by atoms with Gasteiger partial charge in [0.1, 0.15) is 0 Å². The molecule has 0 aromatic carbocycles. The van der Waals surface area contributed by atoms with Crippen LogP contribution in [0.1, 0.15) is 47.0 Å². The molecule has 1 saturated carbocycles. The van der Waals surface area contributed by atoms with Gasteiger partial charge in [-0.05, 0) is 59.4 Å². The largest absolute Gasteiger partial charge is 0.379 e. The molecular formula is C12H25NO. The first-order valence-electron chi connectivity index (χ1n) is 5.67. The van der Waals surface area contributed by atoms with E-state index in [0.29, 0.717) is 5.54 Å². The Kier molecular flexibility index (Phi) is 3.59. The van der Waals surface area contributed by atoms with Crippen LogP contribution in [0, 0.1) is 5.92 Å². The van der Waals surface area contributed by atoms with E-state index in [4.69, 9.17) is 4.74 Å². The molecule has 0 bridgehead atoms. The van der Waals surface area contributed by atoms with Crippen LogP contribution in [0.3, 0.4) is 0 Å². The molecule has 2 nitrogen and oxygen atoms in total. The van der Waals surface area contributed by atoms with Crippen LogP contribution in [0.2, 0.25) is 0 Å². The molecule has 0 amide bonds. The average molecular weight is 199 g/mol. The normalized spacial score (nSPS) is 18.6. The summed E-state index contributed by atoms with van der Waals surface area (Å²) in [7, 11) is 1.78. The predicted molar refractivity (Wildman–Crippen MR) is 60.5 cm³/mol. The molecule has 1 fully saturated rings. The fraction of sp³-hybridized carbons (Fsp3) is 1.00. The lowest BCUT2D eigenvalue weighted by molar-refractivity contribution is 0.0143. The Labute approximate surface area is 88.4 Å². The van der Waals surface area contributed by atoms with Gasteiger partial charge in [-0.2, -0.15) is 0 Å². The summed E-state index contributed by atoms with van der Waals surface area (Å²) in [5.41, 5.74) is 0.330. The van der Waals surface area contributed by atoms with Gasteiger partial charge in [-0.3, -0.25) is 0 Å². The Morgan fingerprint density at radius 1 is 1.21 bits per heavy atom. The summed E-state index contributed by atoms with van der Waals surface area (Å²) in [5.74, 6) is 0.896. The van der Waals surface area contributed by atoms with Crippen molar-refractivity contribution in [1.82, 2.24) is 5.32 Å². The molecule has 0 aromatic rings. The van der Waals surface area contributed by atoms with Crippen molar-refractivity contribution in [2.24, 2.45) is 5.92 Å².